The first kappa shape index (κ1) is 21.8. The van der Waals surface area contributed by atoms with Crippen LogP contribution in [-0.2, 0) is 10.0 Å². The SMILES string of the molecule is CCN1CCN(c2ncc(N(Cl)S(=O)(=O)c3ccc(C(C)C)cc3)cn2)C[C@@H]1C. The van der Waals surface area contributed by atoms with Crippen molar-refractivity contribution in [2.45, 2.75) is 44.6 Å². The lowest BCUT2D eigenvalue weighted by molar-refractivity contribution is 0.198. The predicted octanol–water partition coefficient (Wildman–Crippen LogP) is 3.48. The normalized spacial score (nSPS) is 18.3. The zero-order valence-electron chi connectivity index (χ0n) is 17.3. The molecule has 0 saturated carbocycles. The molecule has 2 heterocycles. The Labute approximate surface area is 178 Å². The molecule has 2 aromatic rings. The van der Waals surface area contributed by atoms with Gasteiger partial charge in [0, 0.05) is 37.5 Å². The molecule has 0 aliphatic carbocycles. The molecule has 1 aliphatic heterocycles. The molecule has 0 unspecified atom stereocenters. The van der Waals surface area contributed by atoms with Crippen molar-refractivity contribution in [2.75, 3.05) is 34.9 Å². The summed E-state index contributed by atoms with van der Waals surface area (Å²) in [6.45, 7) is 12.1. The standard InChI is InChI=1S/C20H28ClN5O2S/c1-5-24-10-11-25(14-16(24)4)20-22-12-18(13-23-20)26(21)29(27,28)19-8-6-17(7-9-19)15(2)3/h6-9,12-13,15-16H,5,10-11,14H2,1-4H3/t16-/m0/s1. The summed E-state index contributed by atoms with van der Waals surface area (Å²) < 4.78 is 26.4. The highest BCUT2D eigenvalue weighted by Crippen LogP contribution is 2.27. The minimum Gasteiger partial charge on any atom is -0.338 e. The van der Waals surface area contributed by atoms with Crippen LogP contribution in [0.25, 0.3) is 0 Å². The maximum absolute atomic E-state index is 12.8. The van der Waals surface area contributed by atoms with Crippen molar-refractivity contribution in [2.24, 2.45) is 0 Å². The summed E-state index contributed by atoms with van der Waals surface area (Å²) in [5, 5.41) is 0. The fourth-order valence-corrected chi connectivity index (χ4v) is 4.83. The fraction of sp³-hybridized carbons (Fsp3) is 0.500. The number of piperazine rings is 1. The van der Waals surface area contributed by atoms with E-state index in [4.69, 9.17) is 11.8 Å². The maximum atomic E-state index is 12.8. The summed E-state index contributed by atoms with van der Waals surface area (Å²) in [6.07, 6.45) is 2.90. The van der Waals surface area contributed by atoms with Crippen LogP contribution in [0.3, 0.4) is 0 Å². The molecule has 1 fully saturated rings. The van der Waals surface area contributed by atoms with Crippen LogP contribution in [0.15, 0.2) is 41.6 Å². The molecule has 1 aliphatic rings. The average molecular weight is 438 g/mol. The Balaban J connectivity index is 1.75. The van der Waals surface area contributed by atoms with Crippen LogP contribution >= 0.6 is 11.8 Å². The second-order valence-electron chi connectivity index (χ2n) is 7.61. The second-order valence-corrected chi connectivity index (χ2v) is 9.93. The predicted molar refractivity (Wildman–Crippen MR) is 117 cm³/mol. The smallest absolute Gasteiger partial charge is 0.278 e. The largest absolute Gasteiger partial charge is 0.338 e. The van der Waals surface area contributed by atoms with E-state index in [1.807, 2.05) is 0 Å². The van der Waals surface area contributed by atoms with Gasteiger partial charge in [-0.15, -0.1) is 0 Å². The lowest BCUT2D eigenvalue weighted by Crippen LogP contribution is -2.52. The summed E-state index contributed by atoms with van der Waals surface area (Å²) in [4.78, 5) is 13.4. The van der Waals surface area contributed by atoms with Gasteiger partial charge in [-0.05, 0) is 37.1 Å². The van der Waals surface area contributed by atoms with Crippen molar-refractivity contribution < 1.29 is 8.42 Å². The van der Waals surface area contributed by atoms with Crippen molar-refractivity contribution in [3.05, 3.63) is 42.2 Å². The Hall–Kier alpha value is -1.90. The molecule has 1 aromatic heterocycles. The molecule has 29 heavy (non-hydrogen) atoms. The van der Waals surface area contributed by atoms with Gasteiger partial charge in [0.05, 0.1) is 17.3 Å². The Morgan fingerprint density at radius 3 is 2.31 bits per heavy atom. The van der Waals surface area contributed by atoms with Gasteiger partial charge < -0.3 is 4.90 Å². The molecule has 7 nitrogen and oxygen atoms in total. The molecule has 1 aromatic carbocycles. The van der Waals surface area contributed by atoms with E-state index in [0.717, 1.165) is 31.7 Å². The average Bonchev–Trinajstić information content (AvgIpc) is 2.73. The fourth-order valence-electron chi connectivity index (χ4n) is 3.47. The molecule has 1 atom stereocenters. The first-order valence-electron chi connectivity index (χ1n) is 9.86. The van der Waals surface area contributed by atoms with Crippen LogP contribution in [0.4, 0.5) is 11.6 Å². The summed E-state index contributed by atoms with van der Waals surface area (Å²) in [5.74, 6) is 0.904. The number of likely N-dealkylation sites (N-methyl/N-ethyl adjacent to an activating group) is 1. The van der Waals surface area contributed by atoms with Gasteiger partial charge in [-0.3, -0.25) is 4.90 Å². The Bertz CT molecular complexity index is 919. The Kier molecular flexibility index (Phi) is 6.65. The molecule has 0 radical (unpaired) electrons. The van der Waals surface area contributed by atoms with Gasteiger partial charge in [-0.1, -0.05) is 32.9 Å². The third-order valence-corrected chi connectivity index (χ3v) is 7.58. The minimum atomic E-state index is -3.89. The highest BCUT2D eigenvalue weighted by atomic mass is 35.5. The van der Waals surface area contributed by atoms with Crippen LogP contribution < -0.4 is 8.72 Å². The molecule has 0 bridgehead atoms. The monoisotopic (exact) mass is 437 g/mol. The van der Waals surface area contributed by atoms with E-state index in [1.54, 1.807) is 24.3 Å². The molecule has 158 valence electrons. The number of nitrogens with zero attached hydrogens (tertiary/aromatic N) is 5. The lowest BCUT2D eigenvalue weighted by Gasteiger charge is -2.39. The van der Waals surface area contributed by atoms with Gasteiger partial charge in [0.2, 0.25) is 5.95 Å². The van der Waals surface area contributed by atoms with E-state index in [9.17, 15) is 8.42 Å². The molecule has 0 spiro atoms. The number of hydrogen-bond acceptors (Lipinski definition) is 6. The highest BCUT2D eigenvalue weighted by molar-refractivity contribution is 7.94. The summed E-state index contributed by atoms with van der Waals surface area (Å²) in [6, 6.07) is 7.17. The first-order valence-corrected chi connectivity index (χ1v) is 11.6. The second kappa shape index (κ2) is 8.85. The number of rotatable bonds is 6. The van der Waals surface area contributed by atoms with E-state index in [-0.39, 0.29) is 10.6 Å². The van der Waals surface area contributed by atoms with Crippen molar-refractivity contribution in [3.63, 3.8) is 0 Å². The van der Waals surface area contributed by atoms with E-state index >= 15 is 0 Å². The summed E-state index contributed by atoms with van der Waals surface area (Å²) in [5.41, 5.74) is 1.28. The van der Waals surface area contributed by atoms with E-state index in [2.05, 4.69) is 47.5 Å². The quantitative estimate of drug-likeness (QED) is 0.644. The van der Waals surface area contributed by atoms with Crippen molar-refractivity contribution >= 4 is 33.4 Å². The number of benzene rings is 1. The summed E-state index contributed by atoms with van der Waals surface area (Å²) in [7, 11) is -3.89. The van der Waals surface area contributed by atoms with Crippen molar-refractivity contribution in [3.8, 4) is 0 Å². The third-order valence-electron chi connectivity index (χ3n) is 5.34. The third kappa shape index (κ3) is 4.65. The first-order chi connectivity index (χ1) is 13.7. The van der Waals surface area contributed by atoms with Crippen molar-refractivity contribution in [1.29, 1.82) is 0 Å². The van der Waals surface area contributed by atoms with Gasteiger partial charge in [-0.2, -0.15) is 12.2 Å². The molecule has 9 heteroatoms. The van der Waals surface area contributed by atoms with Gasteiger partial charge in [0.1, 0.15) is 5.69 Å². The number of halogens is 1. The Morgan fingerprint density at radius 1 is 1.17 bits per heavy atom. The maximum Gasteiger partial charge on any atom is 0.278 e. The molecule has 1 saturated heterocycles. The molecule has 0 amide bonds. The van der Waals surface area contributed by atoms with Gasteiger partial charge in [0.25, 0.3) is 10.0 Å². The zero-order chi connectivity index (χ0) is 21.2. The van der Waals surface area contributed by atoms with Crippen LogP contribution in [0.1, 0.15) is 39.2 Å². The minimum absolute atomic E-state index is 0.130. The van der Waals surface area contributed by atoms with Crippen LogP contribution in [0.2, 0.25) is 0 Å². The number of aromatic nitrogens is 2. The van der Waals surface area contributed by atoms with Gasteiger partial charge in [0.15, 0.2) is 0 Å². The van der Waals surface area contributed by atoms with E-state index in [1.165, 1.54) is 12.4 Å². The van der Waals surface area contributed by atoms with Crippen LogP contribution in [-0.4, -0.2) is 55.5 Å². The summed E-state index contributed by atoms with van der Waals surface area (Å²) >= 11 is 6.18. The topological polar surface area (TPSA) is 69.6 Å². The van der Waals surface area contributed by atoms with Gasteiger partial charge >= 0.3 is 0 Å². The lowest BCUT2D eigenvalue weighted by atomic mass is 10.0. The molecular weight excluding hydrogens is 410 g/mol. The van der Waals surface area contributed by atoms with Crippen LogP contribution in [0.5, 0.6) is 0 Å². The van der Waals surface area contributed by atoms with Crippen LogP contribution in [0, 0.1) is 0 Å². The number of anilines is 2. The number of sulfonamides is 1. The van der Waals surface area contributed by atoms with Gasteiger partial charge in [-0.25, -0.2) is 9.97 Å². The van der Waals surface area contributed by atoms with E-state index in [0.29, 0.717) is 21.7 Å². The zero-order valence-corrected chi connectivity index (χ0v) is 18.9. The molecular formula is C20H28ClN5O2S. The van der Waals surface area contributed by atoms with E-state index < -0.39 is 10.0 Å². The van der Waals surface area contributed by atoms with Crippen molar-refractivity contribution in [1.82, 2.24) is 14.9 Å². The molecule has 3 rings (SSSR count). The highest BCUT2D eigenvalue weighted by Gasteiger charge is 2.26. The Morgan fingerprint density at radius 2 is 1.79 bits per heavy atom. The molecule has 0 N–H and O–H groups in total. The number of hydrogen-bond donors (Lipinski definition) is 0.